The summed E-state index contributed by atoms with van der Waals surface area (Å²) in [7, 11) is 0. The first-order valence-electron chi connectivity index (χ1n) is 9.81. The fourth-order valence-corrected chi connectivity index (χ4v) is 4.16. The summed E-state index contributed by atoms with van der Waals surface area (Å²) in [6.45, 7) is 4.80. The molecule has 154 valence electrons. The number of aromatic nitrogens is 1. The molecule has 0 aliphatic carbocycles. The molecule has 2 aliphatic rings. The van der Waals surface area contributed by atoms with Gasteiger partial charge in [-0.3, -0.25) is 14.6 Å². The van der Waals surface area contributed by atoms with Crippen molar-refractivity contribution in [3.63, 3.8) is 0 Å². The third-order valence-electron chi connectivity index (χ3n) is 5.98. The lowest BCUT2D eigenvalue weighted by molar-refractivity contribution is -0.205. The van der Waals surface area contributed by atoms with E-state index in [0.717, 1.165) is 0 Å². The smallest absolute Gasteiger partial charge is 0.272 e. The Balaban J connectivity index is 1.69. The molecule has 1 aromatic rings. The number of carbonyl (C=O) groups excluding carboxylic acids is 2. The third kappa shape index (κ3) is 3.90. The summed E-state index contributed by atoms with van der Waals surface area (Å²) in [5.41, 5.74) is -0.576. The molecule has 8 heteroatoms. The van der Waals surface area contributed by atoms with Gasteiger partial charge in [0.25, 0.3) is 5.91 Å². The van der Waals surface area contributed by atoms with E-state index in [2.05, 4.69) is 10.3 Å². The van der Waals surface area contributed by atoms with E-state index >= 15 is 0 Å². The van der Waals surface area contributed by atoms with Crippen LogP contribution in [0.1, 0.15) is 55.6 Å². The first-order valence-corrected chi connectivity index (χ1v) is 9.81. The summed E-state index contributed by atoms with van der Waals surface area (Å²) in [6, 6.07) is 3.26. The van der Waals surface area contributed by atoms with Gasteiger partial charge in [0.15, 0.2) is 0 Å². The Labute approximate surface area is 164 Å². The summed E-state index contributed by atoms with van der Waals surface area (Å²) in [6.07, 6.45) is 2.53. The molecule has 2 fully saturated rings. The van der Waals surface area contributed by atoms with Crippen LogP contribution in [0.5, 0.6) is 0 Å². The lowest BCUT2D eigenvalue weighted by Crippen LogP contribution is -2.69. The number of aliphatic hydroxyl groups is 2. The Morgan fingerprint density at radius 3 is 2.71 bits per heavy atom. The molecule has 3 rings (SSSR count). The van der Waals surface area contributed by atoms with Crippen LogP contribution in [0.3, 0.4) is 0 Å². The van der Waals surface area contributed by atoms with Gasteiger partial charge in [0.2, 0.25) is 5.91 Å². The number of hydrogen-bond acceptors (Lipinski definition) is 6. The van der Waals surface area contributed by atoms with Crippen molar-refractivity contribution in [1.82, 2.24) is 15.2 Å². The zero-order valence-corrected chi connectivity index (χ0v) is 16.5. The molecule has 28 heavy (non-hydrogen) atoms. The number of amides is 2. The van der Waals surface area contributed by atoms with Crippen molar-refractivity contribution in [2.75, 3.05) is 19.7 Å². The Hall–Kier alpha value is -2.03. The number of pyridine rings is 1. The van der Waals surface area contributed by atoms with Crippen molar-refractivity contribution in [2.24, 2.45) is 0 Å². The van der Waals surface area contributed by atoms with Gasteiger partial charge < -0.3 is 25.2 Å². The van der Waals surface area contributed by atoms with Gasteiger partial charge in [0.05, 0.1) is 17.7 Å². The fourth-order valence-electron chi connectivity index (χ4n) is 4.16. The van der Waals surface area contributed by atoms with Crippen molar-refractivity contribution >= 4 is 11.8 Å². The minimum Gasteiger partial charge on any atom is -0.392 e. The quantitative estimate of drug-likeness (QED) is 0.694. The maximum absolute atomic E-state index is 12.8. The van der Waals surface area contributed by atoms with Crippen LogP contribution in [0.4, 0.5) is 0 Å². The molecule has 2 saturated heterocycles. The number of likely N-dealkylation sites (tertiary alicyclic amines) is 1. The van der Waals surface area contributed by atoms with Gasteiger partial charge in [-0.2, -0.15) is 0 Å². The van der Waals surface area contributed by atoms with Crippen LogP contribution in [0.25, 0.3) is 0 Å². The molecule has 2 atom stereocenters. The minimum absolute atomic E-state index is 0.0962. The molecule has 0 aromatic carbocycles. The first kappa shape index (κ1) is 20.7. The standard InChI is InChI=1S/C20H29N3O5/c1-3-16(25)22-19(2)7-11-28-20(18(19)27)5-9-23(10-6-20)17(26)15-12-14(13-24)4-8-21-15/h4,8,12,18,24,27H,3,5-7,9-11,13H2,1-2H3,(H,22,25)/t18-,19+/m1/s1. The molecule has 2 aliphatic heterocycles. The Bertz CT molecular complexity index is 732. The molecule has 8 nitrogen and oxygen atoms in total. The number of rotatable bonds is 4. The lowest BCUT2D eigenvalue weighted by atomic mass is 9.73. The van der Waals surface area contributed by atoms with E-state index < -0.39 is 17.2 Å². The van der Waals surface area contributed by atoms with E-state index in [0.29, 0.717) is 56.6 Å². The second kappa shape index (κ2) is 8.14. The van der Waals surface area contributed by atoms with E-state index in [9.17, 15) is 19.8 Å². The summed E-state index contributed by atoms with van der Waals surface area (Å²) in [5, 5.41) is 23.3. The fraction of sp³-hybridized carbons (Fsp3) is 0.650. The highest BCUT2D eigenvalue weighted by Crippen LogP contribution is 2.40. The van der Waals surface area contributed by atoms with Crippen molar-refractivity contribution in [2.45, 2.75) is 63.4 Å². The predicted octanol–water partition coefficient (Wildman–Crippen LogP) is 0.615. The van der Waals surface area contributed by atoms with Crippen LogP contribution in [0.2, 0.25) is 0 Å². The van der Waals surface area contributed by atoms with Crippen LogP contribution in [-0.2, 0) is 16.1 Å². The number of nitrogens with one attached hydrogen (secondary N) is 1. The third-order valence-corrected chi connectivity index (χ3v) is 5.98. The number of carbonyl (C=O) groups is 2. The van der Waals surface area contributed by atoms with Gasteiger partial charge in [-0.05, 0) is 43.9 Å². The van der Waals surface area contributed by atoms with Gasteiger partial charge >= 0.3 is 0 Å². The average Bonchev–Trinajstić information content (AvgIpc) is 2.72. The van der Waals surface area contributed by atoms with E-state index in [-0.39, 0.29) is 18.4 Å². The second-order valence-corrected chi connectivity index (χ2v) is 7.88. The van der Waals surface area contributed by atoms with E-state index in [1.54, 1.807) is 24.0 Å². The molecule has 3 heterocycles. The van der Waals surface area contributed by atoms with Crippen molar-refractivity contribution < 1.29 is 24.5 Å². The number of piperidine rings is 1. The highest BCUT2D eigenvalue weighted by Gasteiger charge is 2.54. The highest BCUT2D eigenvalue weighted by atomic mass is 16.5. The normalized spacial score (nSPS) is 26.9. The van der Waals surface area contributed by atoms with Crippen molar-refractivity contribution in [1.29, 1.82) is 0 Å². The minimum atomic E-state index is -0.850. The Morgan fingerprint density at radius 2 is 2.07 bits per heavy atom. The molecule has 1 aromatic heterocycles. The summed E-state index contributed by atoms with van der Waals surface area (Å²) in [5.74, 6) is -0.293. The first-order chi connectivity index (χ1) is 13.3. The van der Waals surface area contributed by atoms with Gasteiger partial charge in [0.1, 0.15) is 11.8 Å². The molecular formula is C20H29N3O5. The van der Waals surface area contributed by atoms with Crippen molar-refractivity contribution in [3.05, 3.63) is 29.6 Å². The van der Waals surface area contributed by atoms with Crippen LogP contribution < -0.4 is 5.32 Å². The highest BCUT2D eigenvalue weighted by molar-refractivity contribution is 5.92. The van der Waals surface area contributed by atoms with Gasteiger partial charge in [-0.15, -0.1) is 0 Å². The van der Waals surface area contributed by atoms with Crippen LogP contribution in [0, 0.1) is 0 Å². The molecule has 0 bridgehead atoms. The van der Waals surface area contributed by atoms with E-state index in [4.69, 9.17) is 4.74 Å². The lowest BCUT2D eigenvalue weighted by Gasteiger charge is -2.53. The van der Waals surface area contributed by atoms with Crippen LogP contribution in [-0.4, -0.2) is 68.9 Å². The Morgan fingerprint density at radius 1 is 1.36 bits per heavy atom. The van der Waals surface area contributed by atoms with Crippen LogP contribution in [0.15, 0.2) is 18.3 Å². The number of aliphatic hydroxyl groups excluding tert-OH is 2. The number of nitrogens with zero attached hydrogens (tertiary/aromatic N) is 2. The molecular weight excluding hydrogens is 362 g/mol. The topological polar surface area (TPSA) is 112 Å². The molecule has 1 spiro atoms. The maximum atomic E-state index is 12.8. The van der Waals surface area contributed by atoms with Crippen LogP contribution >= 0.6 is 0 Å². The summed E-state index contributed by atoms with van der Waals surface area (Å²) in [4.78, 5) is 30.5. The van der Waals surface area contributed by atoms with Gasteiger partial charge in [-0.1, -0.05) is 6.92 Å². The molecule has 2 amide bonds. The van der Waals surface area contributed by atoms with E-state index in [1.807, 2.05) is 6.92 Å². The molecule has 0 radical (unpaired) electrons. The van der Waals surface area contributed by atoms with Gasteiger partial charge in [-0.25, -0.2) is 0 Å². The summed E-state index contributed by atoms with van der Waals surface area (Å²) >= 11 is 0. The predicted molar refractivity (Wildman–Crippen MR) is 101 cm³/mol. The molecule has 3 N–H and O–H groups in total. The zero-order chi connectivity index (χ0) is 20.4. The number of ether oxygens (including phenoxy) is 1. The zero-order valence-electron chi connectivity index (χ0n) is 16.5. The molecule has 0 unspecified atom stereocenters. The van der Waals surface area contributed by atoms with Gasteiger partial charge in [0, 0.05) is 32.3 Å². The largest absolute Gasteiger partial charge is 0.392 e. The number of hydrogen-bond donors (Lipinski definition) is 3. The second-order valence-electron chi connectivity index (χ2n) is 7.88. The monoisotopic (exact) mass is 391 g/mol. The van der Waals surface area contributed by atoms with Crippen molar-refractivity contribution in [3.8, 4) is 0 Å². The average molecular weight is 391 g/mol. The van der Waals surface area contributed by atoms with E-state index in [1.165, 1.54) is 6.20 Å². The Kier molecular flexibility index (Phi) is 6.02. The maximum Gasteiger partial charge on any atom is 0.272 e. The SMILES string of the molecule is CCC(=O)N[C@@]1(C)CCOC2(CCN(C(=O)c3cc(CO)ccn3)CC2)[C@@H]1O. The summed E-state index contributed by atoms with van der Waals surface area (Å²) < 4.78 is 6.01. The molecule has 0 saturated carbocycles.